The number of carbonyl (C=O) groups excluding carboxylic acids is 1. The van der Waals surface area contributed by atoms with E-state index in [1.165, 1.54) is 19.5 Å². The standard InChI is InChI=1S/C18H17FN4O3/c1-25-16-6-13-15(7-14(16)19)22-10-23-18(13)21-8-11-3-2-4-12(5-11)26-9-17(20)24/h2-7,10H,8-9H2,1H3,(H2,20,24)(H,21,22,23). The Labute approximate surface area is 149 Å². The van der Waals surface area contributed by atoms with Crippen molar-refractivity contribution < 1.29 is 18.7 Å². The van der Waals surface area contributed by atoms with Crippen LogP contribution in [-0.4, -0.2) is 29.6 Å². The maximum Gasteiger partial charge on any atom is 0.255 e. The predicted molar refractivity (Wildman–Crippen MR) is 94.5 cm³/mol. The van der Waals surface area contributed by atoms with Gasteiger partial charge in [0, 0.05) is 18.0 Å². The lowest BCUT2D eigenvalue weighted by atomic mass is 10.2. The Morgan fingerprint density at radius 3 is 2.88 bits per heavy atom. The summed E-state index contributed by atoms with van der Waals surface area (Å²) in [7, 11) is 1.40. The second-order valence-electron chi connectivity index (χ2n) is 5.48. The molecule has 0 bridgehead atoms. The van der Waals surface area contributed by atoms with E-state index in [0.717, 1.165) is 5.56 Å². The van der Waals surface area contributed by atoms with E-state index in [4.69, 9.17) is 15.2 Å². The largest absolute Gasteiger partial charge is 0.494 e. The van der Waals surface area contributed by atoms with Gasteiger partial charge in [0.25, 0.3) is 5.91 Å². The molecule has 0 radical (unpaired) electrons. The van der Waals surface area contributed by atoms with Gasteiger partial charge in [-0.25, -0.2) is 14.4 Å². The van der Waals surface area contributed by atoms with Crippen molar-refractivity contribution in [2.75, 3.05) is 19.0 Å². The number of anilines is 1. The highest BCUT2D eigenvalue weighted by atomic mass is 19.1. The summed E-state index contributed by atoms with van der Waals surface area (Å²) in [4.78, 5) is 19.1. The number of benzene rings is 2. The van der Waals surface area contributed by atoms with Crippen LogP contribution in [0.1, 0.15) is 5.56 Å². The molecule has 7 nitrogen and oxygen atoms in total. The summed E-state index contributed by atoms with van der Waals surface area (Å²) in [6.07, 6.45) is 1.36. The minimum absolute atomic E-state index is 0.122. The predicted octanol–water partition coefficient (Wildman–Crippen LogP) is 2.25. The van der Waals surface area contributed by atoms with Crippen LogP contribution in [0.4, 0.5) is 10.2 Å². The van der Waals surface area contributed by atoms with Crippen molar-refractivity contribution in [3.05, 3.63) is 54.1 Å². The summed E-state index contributed by atoms with van der Waals surface area (Å²) in [5.74, 6) is 0.194. The molecule has 8 heteroatoms. The van der Waals surface area contributed by atoms with Crippen molar-refractivity contribution in [3.63, 3.8) is 0 Å². The summed E-state index contributed by atoms with van der Waals surface area (Å²) >= 11 is 0. The Morgan fingerprint density at radius 2 is 2.12 bits per heavy atom. The fourth-order valence-corrected chi connectivity index (χ4v) is 2.44. The molecule has 0 atom stereocenters. The number of halogens is 1. The van der Waals surface area contributed by atoms with E-state index in [1.54, 1.807) is 18.2 Å². The zero-order valence-corrected chi connectivity index (χ0v) is 14.0. The molecule has 0 fully saturated rings. The number of ether oxygens (including phenoxy) is 2. The maximum atomic E-state index is 13.8. The average molecular weight is 356 g/mol. The van der Waals surface area contributed by atoms with Crippen LogP contribution in [0.25, 0.3) is 10.9 Å². The van der Waals surface area contributed by atoms with E-state index in [-0.39, 0.29) is 12.4 Å². The Kier molecular flexibility index (Phi) is 5.12. The van der Waals surface area contributed by atoms with Crippen LogP contribution < -0.4 is 20.5 Å². The van der Waals surface area contributed by atoms with E-state index >= 15 is 0 Å². The number of carbonyl (C=O) groups is 1. The molecule has 3 N–H and O–H groups in total. The molecule has 0 saturated heterocycles. The highest BCUT2D eigenvalue weighted by Crippen LogP contribution is 2.27. The second-order valence-corrected chi connectivity index (χ2v) is 5.48. The van der Waals surface area contributed by atoms with E-state index in [0.29, 0.717) is 29.0 Å². The number of hydrogen-bond acceptors (Lipinski definition) is 6. The fraction of sp³-hybridized carbons (Fsp3) is 0.167. The third kappa shape index (κ3) is 3.97. The number of hydrogen-bond donors (Lipinski definition) is 2. The van der Waals surface area contributed by atoms with E-state index in [2.05, 4.69) is 15.3 Å². The third-order valence-electron chi connectivity index (χ3n) is 3.65. The van der Waals surface area contributed by atoms with Crippen molar-refractivity contribution in [3.8, 4) is 11.5 Å². The third-order valence-corrected chi connectivity index (χ3v) is 3.65. The highest BCUT2D eigenvalue weighted by molar-refractivity contribution is 5.90. The number of rotatable bonds is 7. The van der Waals surface area contributed by atoms with Gasteiger partial charge >= 0.3 is 0 Å². The first-order valence-corrected chi connectivity index (χ1v) is 7.79. The van der Waals surface area contributed by atoms with Crippen molar-refractivity contribution in [1.29, 1.82) is 0 Å². The lowest BCUT2D eigenvalue weighted by Crippen LogP contribution is -2.20. The molecule has 134 valence electrons. The van der Waals surface area contributed by atoms with Crippen LogP contribution in [0.2, 0.25) is 0 Å². The molecule has 1 heterocycles. The number of amides is 1. The van der Waals surface area contributed by atoms with Crippen LogP contribution in [-0.2, 0) is 11.3 Å². The number of nitrogens with zero attached hydrogens (tertiary/aromatic N) is 2. The molecule has 0 aliphatic rings. The van der Waals surface area contributed by atoms with Gasteiger partial charge in [-0.3, -0.25) is 4.79 Å². The van der Waals surface area contributed by atoms with Crippen LogP contribution in [0, 0.1) is 5.82 Å². The SMILES string of the molecule is COc1cc2c(NCc3cccc(OCC(N)=O)c3)ncnc2cc1F. The summed E-state index contributed by atoms with van der Waals surface area (Å²) < 4.78 is 24.1. The minimum Gasteiger partial charge on any atom is -0.494 e. The van der Waals surface area contributed by atoms with Crippen molar-refractivity contribution in [2.24, 2.45) is 5.73 Å². The molecule has 0 aliphatic carbocycles. The number of nitrogens with one attached hydrogen (secondary N) is 1. The van der Waals surface area contributed by atoms with Gasteiger partial charge in [0.05, 0.1) is 12.6 Å². The molecular formula is C18H17FN4O3. The normalized spacial score (nSPS) is 10.5. The Hall–Kier alpha value is -3.42. The molecule has 3 rings (SSSR count). The van der Waals surface area contributed by atoms with Gasteiger partial charge in [-0.1, -0.05) is 12.1 Å². The summed E-state index contributed by atoms with van der Waals surface area (Å²) in [6.45, 7) is 0.262. The number of primary amides is 1. The summed E-state index contributed by atoms with van der Waals surface area (Å²) in [5.41, 5.74) is 6.45. The number of nitrogens with two attached hydrogens (primary N) is 1. The molecule has 26 heavy (non-hydrogen) atoms. The van der Waals surface area contributed by atoms with Gasteiger partial charge in [0.1, 0.15) is 17.9 Å². The minimum atomic E-state index is -0.540. The van der Waals surface area contributed by atoms with Crippen LogP contribution in [0.15, 0.2) is 42.7 Å². The van der Waals surface area contributed by atoms with Gasteiger partial charge in [0.15, 0.2) is 18.2 Å². The second kappa shape index (κ2) is 7.64. The fourth-order valence-electron chi connectivity index (χ4n) is 2.44. The Balaban J connectivity index is 1.79. The van der Waals surface area contributed by atoms with Gasteiger partial charge in [0.2, 0.25) is 0 Å². The topological polar surface area (TPSA) is 99.4 Å². The van der Waals surface area contributed by atoms with Crippen LogP contribution in [0.3, 0.4) is 0 Å². The zero-order valence-electron chi connectivity index (χ0n) is 14.0. The lowest BCUT2D eigenvalue weighted by Gasteiger charge is -2.11. The van der Waals surface area contributed by atoms with Crippen LogP contribution in [0.5, 0.6) is 11.5 Å². The molecule has 2 aromatic carbocycles. The first-order valence-electron chi connectivity index (χ1n) is 7.79. The lowest BCUT2D eigenvalue weighted by molar-refractivity contribution is -0.119. The van der Waals surface area contributed by atoms with Crippen LogP contribution >= 0.6 is 0 Å². The Morgan fingerprint density at radius 1 is 1.27 bits per heavy atom. The van der Waals surface area contributed by atoms with Gasteiger partial charge in [-0.05, 0) is 23.8 Å². The summed E-state index contributed by atoms with van der Waals surface area (Å²) in [5, 5.41) is 3.84. The monoisotopic (exact) mass is 356 g/mol. The first kappa shape index (κ1) is 17.4. The van der Waals surface area contributed by atoms with Crippen molar-refractivity contribution >= 4 is 22.6 Å². The van der Waals surface area contributed by atoms with E-state index < -0.39 is 11.7 Å². The average Bonchev–Trinajstić information content (AvgIpc) is 2.64. The van der Waals surface area contributed by atoms with Crippen molar-refractivity contribution in [2.45, 2.75) is 6.54 Å². The number of methoxy groups -OCH3 is 1. The number of aromatic nitrogens is 2. The molecular weight excluding hydrogens is 339 g/mol. The molecule has 1 amide bonds. The molecule has 0 saturated carbocycles. The Bertz CT molecular complexity index is 949. The zero-order chi connectivity index (χ0) is 18.5. The van der Waals surface area contributed by atoms with E-state index in [9.17, 15) is 9.18 Å². The first-order chi connectivity index (χ1) is 12.6. The molecule has 1 aromatic heterocycles. The van der Waals surface area contributed by atoms with Gasteiger partial charge < -0.3 is 20.5 Å². The van der Waals surface area contributed by atoms with Gasteiger partial charge in [-0.2, -0.15) is 0 Å². The molecule has 0 spiro atoms. The highest BCUT2D eigenvalue weighted by Gasteiger charge is 2.10. The summed E-state index contributed by atoms with van der Waals surface area (Å²) in [6, 6.07) is 10.1. The smallest absolute Gasteiger partial charge is 0.255 e. The molecule has 0 aliphatic heterocycles. The molecule has 3 aromatic rings. The molecule has 0 unspecified atom stereocenters. The number of fused-ring (bicyclic) bond motifs is 1. The van der Waals surface area contributed by atoms with Gasteiger partial charge in [-0.15, -0.1) is 0 Å². The quantitative estimate of drug-likeness (QED) is 0.674. The van der Waals surface area contributed by atoms with E-state index in [1.807, 2.05) is 12.1 Å². The maximum absolute atomic E-state index is 13.8. The van der Waals surface area contributed by atoms with Crippen molar-refractivity contribution in [1.82, 2.24) is 9.97 Å².